The van der Waals surface area contributed by atoms with Gasteiger partial charge in [-0.05, 0) is 36.4 Å². The van der Waals surface area contributed by atoms with Crippen molar-refractivity contribution in [1.82, 2.24) is 4.57 Å². The molecule has 4 heteroatoms. The fourth-order valence-corrected chi connectivity index (χ4v) is 2.37. The number of anilines is 1. The van der Waals surface area contributed by atoms with Crippen LogP contribution in [0.25, 0.3) is 10.9 Å². The number of nitrogens with zero attached hydrogens (tertiary/aromatic N) is 1. The Morgan fingerprint density at radius 2 is 1.95 bits per heavy atom. The maximum absolute atomic E-state index is 5.86. The molecule has 4 nitrogen and oxygen atoms in total. The molecule has 1 aromatic heterocycles. The fraction of sp³-hybridized carbons (Fsp3) is 0.176. The van der Waals surface area contributed by atoms with E-state index in [9.17, 15) is 0 Å². The van der Waals surface area contributed by atoms with E-state index in [0.29, 0.717) is 12.3 Å². The van der Waals surface area contributed by atoms with Crippen LogP contribution in [0, 0.1) is 0 Å². The Bertz CT molecular complexity index is 749. The topological polar surface area (TPSA) is 49.4 Å². The van der Waals surface area contributed by atoms with Gasteiger partial charge in [-0.15, -0.1) is 0 Å². The van der Waals surface area contributed by atoms with Gasteiger partial charge in [-0.2, -0.15) is 0 Å². The summed E-state index contributed by atoms with van der Waals surface area (Å²) in [6.45, 7) is 1.34. The average molecular weight is 282 g/mol. The van der Waals surface area contributed by atoms with Gasteiger partial charge in [-0.1, -0.05) is 12.1 Å². The Hall–Kier alpha value is -2.62. The number of nitrogen functional groups attached to an aromatic ring is 1. The lowest BCUT2D eigenvalue weighted by Crippen LogP contribution is -2.08. The summed E-state index contributed by atoms with van der Waals surface area (Å²) < 4.78 is 13.1. The van der Waals surface area contributed by atoms with E-state index in [1.165, 1.54) is 5.52 Å². The molecule has 2 N–H and O–H groups in total. The second-order valence-electron chi connectivity index (χ2n) is 4.82. The van der Waals surface area contributed by atoms with Crippen LogP contribution in [-0.4, -0.2) is 18.3 Å². The number of nitrogens with two attached hydrogens (primary N) is 1. The van der Waals surface area contributed by atoms with Crippen molar-refractivity contribution < 1.29 is 9.47 Å². The molecule has 0 aliphatic heterocycles. The quantitative estimate of drug-likeness (QED) is 0.730. The Kier molecular flexibility index (Phi) is 3.69. The maximum Gasteiger partial charge on any atom is 0.142 e. The molecule has 108 valence electrons. The molecule has 2 aromatic carbocycles. The van der Waals surface area contributed by atoms with Crippen LogP contribution < -0.4 is 15.2 Å². The lowest BCUT2D eigenvalue weighted by molar-refractivity contribution is 0.302. The normalized spacial score (nSPS) is 10.7. The van der Waals surface area contributed by atoms with Crippen molar-refractivity contribution in [2.24, 2.45) is 0 Å². The van der Waals surface area contributed by atoms with Crippen molar-refractivity contribution >= 4 is 16.6 Å². The highest BCUT2D eigenvalue weighted by molar-refractivity contribution is 5.81. The number of hydrogen-bond acceptors (Lipinski definition) is 3. The van der Waals surface area contributed by atoms with Crippen LogP contribution in [0.15, 0.2) is 54.7 Å². The minimum absolute atomic E-state index is 0.573. The zero-order chi connectivity index (χ0) is 14.7. The zero-order valence-electron chi connectivity index (χ0n) is 12.0. The van der Waals surface area contributed by atoms with E-state index in [1.54, 1.807) is 7.11 Å². The summed E-state index contributed by atoms with van der Waals surface area (Å²) in [4.78, 5) is 0. The number of rotatable bonds is 5. The molecular formula is C17H18N2O2. The first-order chi connectivity index (χ1) is 10.3. The van der Waals surface area contributed by atoms with Gasteiger partial charge in [0.05, 0.1) is 19.3 Å². The largest absolute Gasteiger partial charge is 0.497 e. The second kappa shape index (κ2) is 5.79. The molecule has 0 unspecified atom stereocenters. The molecule has 0 saturated heterocycles. The first-order valence-corrected chi connectivity index (χ1v) is 6.88. The van der Waals surface area contributed by atoms with Crippen molar-refractivity contribution in [3.05, 3.63) is 54.7 Å². The minimum Gasteiger partial charge on any atom is -0.497 e. The van der Waals surface area contributed by atoms with Gasteiger partial charge in [0.2, 0.25) is 0 Å². The molecule has 21 heavy (non-hydrogen) atoms. The fourth-order valence-electron chi connectivity index (χ4n) is 2.37. The number of benzene rings is 2. The molecule has 0 amide bonds. The van der Waals surface area contributed by atoms with Crippen molar-refractivity contribution in [1.29, 1.82) is 0 Å². The van der Waals surface area contributed by atoms with Crippen molar-refractivity contribution in [3.63, 3.8) is 0 Å². The number of hydrogen-bond donors (Lipinski definition) is 1. The van der Waals surface area contributed by atoms with Crippen molar-refractivity contribution in [2.45, 2.75) is 6.54 Å². The Morgan fingerprint density at radius 1 is 1.10 bits per heavy atom. The maximum atomic E-state index is 5.86. The highest BCUT2D eigenvalue weighted by atomic mass is 16.5. The molecule has 0 aliphatic rings. The van der Waals surface area contributed by atoms with Gasteiger partial charge in [0.1, 0.15) is 18.1 Å². The molecule has 0 fully saturated rings. The molecule has 0 saturated carbocycles. The van der Waals surface area contributed by atoms with E-state index in [2.05, 4.69) is 22.9 Å². The SMILES string of the molecule is COc1ccc2c(ccn2CCOc2ccccc2N)c1. The Morgan fingerprint density at radius 3 is 2.76 bits per heavy atom. The smallest absolute Gasteiger partial charge is 0.142 e. The van der Waals surface area contributed by atoms with Crippen LogP contribution in [0.4, 0.5) is 5.69 Å². The molecule has 0 aliphatic carbocycles. The van der Waals surface area contributed by atoms with Crippen LogP contribution in [0.2, 0.25) is 0 Å². The van der Waals surface area contributed by atoms with E-state index in [4.69, 9.17) is 15.2 Å². The molecule has 1 heterocycles. The second-order valence-corrected chi connectivity index (χ2v) is 4.82. The van der Waals surface area contributed by atoms with Gasteiger partial charge < -0.3 is 19.8 Å². The zero-order valence-corrected chi connectivity index (χ0v) is 12.0. The number of methoxy groups -OCH3 is 1. The summed E-state index contributed by atoms with van der Waals surface area (Å²) >= 11 is 0. The van der Waals surface area contributed by atoms with Gasteiger partial charge >= 0.3 is 0 Å². The molecule has 0 radical (unpaired) electrons. The third-order valence-electron chi connectivity index (χ3n) is 3.49. The summed E-state index contributed by atoms with van der Waals surface area (Å²) in [5, 5.41) is 1.16. The van der Waals surface area contributed by atoms with Crippen LogP contribution in [0.5, 0.6) is 11.5 Å². The summed E-state index contributed by atoms with van der Waals surface area (Å²) in [5.41, 5.74) is 7.69. The summed E-state index contributed by atoms with van der Waals surface area (Å²) in [5.74, 6) is 1.60. The average Bonchev–Trinajstić information content (AvgIpc) is 2.91. The van der Waals surface area contributed by atoms with E-state index < -0.39 is 0 Å². The van der Waals surface area contributed by atoms with Gasteiger partial charge in [-0.3, -0.25) is 0 Å². The van der Waals surface area contributed by atoms with Crippen LogP contribution in [0.3, 0.4) is 0 Å². The van der Waals surface area contributed by atoms with Crippen LogP contribution in [0.1, 0.15) is 0 Å². The number of para-hydroxylation sites is 2. The summed E-state index contributed by atoms with van der Waals surface area (Å²) in [6.07, 6.45) is 2.06. The molecular weight excluding hydrogens is 264 g/mol. The van der Waals surface area contributed by atoms with E-state index in [1.807, 2.05) is 36.4 Å². The molecule has 3 aromatic rings. The molecule has 0 atom stereocenters. The Balaban J connectivity index is 1.70. The van der Waals surface area contributed by atoms with Gasteiger partial charge in [-0.25, -0.2) is 0 Å². The Labute approximate surface area is 123 Å². The van der Waals surface area contributed by atoms with Crippen LogP contribution >= 0.6 is 0 Å². The third-order valence-corrected chi connectivity index (χ3v) is 3.49. The first-order valence-electron chi connectivity index (χ1n) is 6.88. The number of fused-ring (bicyclic) bond motifs is 1. The molecule has 3 rings (SSSR count). The predicted molar refractivity (Wildman–Crippen MR) is 84.8 cm³/mol. The molecule has 0 bridgehead atoms. The van der Waals surface area contributed by atoms with E-state index in [0.717, 1.165) is 23.4 Å². The lowest BCUT2D eigenvalue weighted by atomic mass is 10.2. The molecule has 0 spiro atoms. The monoisotopic (exact) mass is 282 g/mol. The van der Waals surface area contributed by atoms with E-state index >= 15 is 0 Å². The number of ether oxygens (including phenoxy) is 2. The van der Waals surface area contributed by atoms with Crippen LogP contribution in [-0.2, 0) is 6.54 Å². The predicted octanol–water partition coefficient (Wildman–Crippen LogP) is 3.31. The lowest BCUT2D eigenvalue weighted by Gasteiger charge is -2.10. The van der Waals surface area contributed by atoms with Crippen molar-refractivity contribution in [2.75, 3.05) is 19.5 Å². The third kappa shape index (κ3) is 2.79. The highest BCUT2D eigenvalue weighted by Gasteiger charge is 2.03. The van der Waals surface area contributed by atoms with Gasteiger partial charge in [0, 0.05) is 17.1 Å². The number of aromatic nitrogens is 1. The van der Waals surface area contributed by atoms with Gasteiger partial charge in [0.15, 0.2) is 0 Å². The summed E-state index contributed by atoms with van der Waals surface area (Å²) in [7, 11) is 1.68. The standard InChI is InChI=1S/C17H18N2O2/c1-20-14-6-7-16-13(12-14)8-9-19(16)10-11-21-17-5-3-2-4-15(17)18/h2-9,12H,10-11,18H2,1H3. The highest BCUT2D eigenvalue weighted by Crippen LogP contribution is 2.22. The van der Waals surface area contributed by atoms with E-state index in [-0.39, 0.29) is 0 Å². The first kappa shape index (κ1) is 13.4. The van der Waals surface area contributed by atoms with Crippen molar-refractivity contribution in [3.8, 4) is 11.5 Å². The summed E-state index contributed by atoms with van der Waals surface area (Å²) in [6, 6.07) is 15.7. The minimum atomic E-state index is 0.573. The van der Waals surface area contributed by atoms with Gasteiger partial charge in [0.25, 0.3) is 0 Å².